The molecule has 2 rings (SSSR count). The second kappa shape index (κ2) is 19.0. The van der Waals surface area contributed by atoms with Crippen LogP contribution in [0.25, 0.3) is 0 Å². The van der Waals surface area contributed by atoms with Gasteiger partial charge >= 0.3 is 11.9 Å². The van der Waals surface area contributed by atoms with Crippen LogP contribution in [0.2, 0.25) is 0 Å². The summed E-state index contributed by atoms with van der Waals surface area (Å²) < 4.78 is 0. The van der Waals surface area contributed by atoms with Crippen LogP contribution in [0.15, 0.2) is 30.3 Å². The minimum Gasteiger partial charge on any atom is -0.480 e. The third-order valence-corrected chi connectivity index (χ3v) is 8.05. The Morgan fingerprint density at radius 1 is 0.950 bits per heavy atom. The van der Waals surface area contributed by atoms with Crippen LogP contribution >= 0.6 is 25.3 Å². The number of aryl methyl sites for hydroxylation is 1. The molecule has 0 saturated carbocycles. The molecule has 2 amide bonds. The zero-order valence-corrected chi connectivity index (χ0v) is 25.0. The van der Waals surface area contributed by atoms with Crippen LogP contribution in [0.1, 0.15) is 76.2 Å². The minimum absolute atomic E-state index is 0.0103. The fourth-order valence-corrected chi connectivity index (χ4v) is 5.82. The first-order chi connectivity index (χ1) is 19.2. The molecule has 1 aromatic carbocycles. The summed E-state index contributed by atoms with van der Waals surface area (Å²) in [6.45, 7) is 0.806. The fourth-order valence-electron chi connectivity index (χ4n) is 4.99. The molecule has 1 fully saturated rings. The van der Waals surface area contributed by atoms with Crippen molar-refractivity contribution in [3.63, 3.8) is 0 Å². The molecular formula is C29H45N3O6S2. The van der Waals surface area contributed by atoms with Gasteiger partial charge in [0.2, 0.25) is 11.8 Å². The second-order valence-corrected chi connectivity index (χ2v) is 11.6. The van der Waals surface area contributed by atoms with Gasteiger partial charge < -0.3 is 20.4 Å². The molecular weight excluding hydrogens is 550 g/mol. The van der Waals surface area contributed by atoms with Gasteiger partial charge in [-0.2, -0.15) is 25.3 Å². The number of hydrogen-bond acceptors (Lipinski definition) is 7. The molecule has 1 heterocycles. The van der Waals surface area contributed by atoms with Crippen LogP contribution in [0.4, 0.5) is 0 Å². The zero-order chi connectivity index (χ0) is 29.3. The summed E-state index contributed by atoms with van der Waals surface area (Å²) in [5.74, 6) is -1.67. The molecule has 0 radical (unpaired) electrons. The molecule has 0 bridgehead atoms. The number of thiol groups is 2. The van der Waals surface area contributed by atoms with Gasteiger partial charge in [-0.05, 0) is 75.5 Å². The Morgan fingerprint density at radius 2 is 1.68 bits per heavy atom. The smallest absolute Gasteiger partial charge is 0.326 e. The number of likely N-dealkylation sites (tertiary alicyclic amines) is 1. The van der Waals surface area contributed by atoms with Crippen molar-refractivity contribution in [2.24, 2.45) is 0 Å². The lowest BCUT2D eigenvalue weighted by molar-refractivity contribution is -0.149. The number of unbranched alkanes of at least 4 members (excludes halogenated alkanes) is 2. The van der Waals surface area contributed by atoms with Gasteiger partial charge in [0, 0.05) is 24.8 Å². The molecule has 4 N–H and O–H groups in total. The number of carbonyl (C=O) groups is 4. The van der Waals surface area contributed by atoms with Gasteiger partial charge in [-0.3, -0.25) is 19.7 Å². The maximum Gasteiger partial charge on any atom is 0.326 e. The Labute approximate surface area is 248 Å². The molecule has 9 nitrogen and oxygen atoms in total. The molecule has 1 aliphatic heterocycles. The minimum atomic E-state index is -1.05. The molecule has 1 unspecified atom stereocenters. The molecule has 1 aromatic rings. The molecule has 1 aliphatic rings. The zero-order valence-electron chi connectivity index (χ0n) is 23.2. The molecule has 4 atom stereocenters. The number of hydrogen-bond donors (Lipinski definition) is 6. The summed E-state index contributed by atoms with van der Waals surface area (Å²) in [7, 11) is 0. The maximum absolute atomic E-state index is 13.4. The van der Waals surface area contributed by atoms with Crippen molar-refractivity contribution >= 4 is 49.0 Å². The van der Waals surface area contributed by atoms with E-state index in [4.69, 9.17) is 0 Å². The van der Waals surface area contributed by atoms with E-state index in [2.05, 4.69) is 35.9 Å². The highest BCUT2D eigenvalue weighted by Crippen LogP contribution is 2.20. The standard InChI is InChI=1S/C29H45N3O6S2/c33-26(14-5-4-11-22(40)17-20-39)30-18-7-6-12-23(27(34)32-19-8-13-25(32)29(37)38)31-24(28(35)36)16-15-21-9-2-1-3-10-21/h1-3,9-10,22-25,31,39-40H,4-8,11-20H2,(H,30,33)(H,35,36)(H,37,38)/t22?,23-,24-,25-/m0/s1. The third-order valence-electron chi connectivity index (χ3n) is 7.28. The molecule has 40 heavy (non-hydrogen) atoms. The van der Waals surface area contributed by atoms with Crippen molar-refractivity contribution in [3.8, 4) is 0 Å². The van der Waals surface area contributed by atoms with E-state index < -0.39 is 30.1 Å². The first-order valence-corrected chi connectivity index (χ1v) is 15.5. The lowest BCUT2D eigenvalue weighted by Gasteiger charge is -2.29. The van der Waals surface area contributed by atoms with E-state index in [0.29, 0.717) is 69.7 Å². The summed E-state index contributed by atoms with van der Waals surface area (Å²) in [5, 5.41) is 25.7. The Kier molecular flexibility index (Phi) is 16.1. The first kappa shape index (κ1) is 34.0. The quantitative estimate of drug-likeness (QED) is 0.100. The highest BCUT2D eigenvalue weighted by atomic mass is 32.1. The van der Waals surface area contributed by atoms with E-state index in [0.717, 1.165) is 37.0 Å². The largest absolute Gasteiger partial charge is 0.480 e. The van der Waals surface area contributed by atoms with Crippen molar-refractivity contribution in [2.75, 3.05) is 18.8 Å². The topological polar surface area (TPSA) is 136 Å². The molecule has 1 saturated heterocycles. The van der Waals surface area contributed by atoms with Crippen molar-refractivity contribution in [1.82, 2.24) is 15.5 Å². The van der Waals surface area contributed by atoms with Crippen LogP contribution < -0.4 is 10.6 Å². The number of aliphatic carboxylic acids is 2. The summed E-state index contributed by atoms with van der Waals surface area (Å²) in [6, 6.07) is 6.88. The van der Waals surface area contributed by atoms with Crippen molar-refractivity contribution in [2.45, 2.75) is 100 Å². The van der Waals surface area contributed by atoms with Crippen LogP contribution in [-0.4, -0.2) is 81.1 Å². The summed E-state index contributed by atoms with van der Waals surface area (Å²) in [6.07, 6.45) is 7.47. The Morgan fingerprint density at radius 3 is 2.35 bits per heavy atom. The molecule has 0 aromatic heterocycles. The Hall–Kier alpha value is -2.24. The van der Waals surface area contributed by atoms with E-state index in [1.165, 1.54) is 4.90 Å². The third kappa shape index (κ3) is 12.5. The molecule has 0 spiro atoms. The van der Waals surface area contributed by atoms with Gasteiger partial charge in [0.15, 0.2) is 0 Å². The van der Waals surface area contributed by atoms with Crippen molar-refractivity contribution in [1.29, 1.82) is 0 Å². The Bertz CT molecular complexity index is 936. The van der Waals surface area contributed by atoms with Crippen LogP contribution in [0.5, 0.6) is 0 Å². The fraction of sp³-hybridized carbons (Fsp3) is 0.655. The number of carbonyl (C=O) groups excluding carboxylic acids is 2. The number of benzene rings is 1. The van der Waals surface area contributed by atoms with Gasteiger partial charge in [-0.25, -0.2) is 4.79 Å². The predicted molar refractivity (Wildman–Crippen MR) is 162 cm³/mol. The van der Waals surface area contributed by atoms with Crippen LogP contribution in [0.3, 0.4) is 0 Å². The summed E-state index contributed by atoms with van der Waals surface area (Å²) in [4.78, 5) is 50.7. The number of nitrogens with zero attached hydrogens (tertiary/aromatic N) is 1. The average molecular weight is 596 g/mol. The van der Waals surface area contributed by atoms with Gasteiger partial charge in [0.25, 0.3) is 0 Å². The summed E-state index contributed by atoms with van der Waals surface area (Å²) in [5.41, 5.74) is 1.00. The van der Waals surface area contributed by atoms with Gasteiger partial charge in [0.05, 0.1) is 6.04 Å². The Balaban J connectivity index is 1.88. The average Bonchev–Trinajstić information content (AvgIpc) is 3.43. The van der Waals surface area contributed by atoms with E-state index in [-0.39, 0.29) is 11.8 Å². The molecule has 11 heteroatoms. The summed E-state index contributed by atoms with van der Waals surface area (Å²) >= 11 is 8.72. The van der Waals surface area contributed by atoms with Gasteiger partial charge in [0.1, 0.15) is 12.1 Å². The second-order valence-electron chi connectivity index (χ2n) is 10.4. The predicted octanol–water partition coefficient (Wildman–Crippen LogP) is 3.57. The lowest BCUT2D eigenvalue weighted by atomic mass is 10.0. The van der Waals surface area contributed by atoms with Gasteiger partial charge in [-0.15, -0.1) is 0 Å². The number of rotatable bonds is 20. The monoisotopic (exact) mass is 595 g/mol. The first-order valence-electron chi connectivity index (χ1n) is 14.3. The van der Waals surface area contributed by atoms with E-state index in [1.54, 1.807) is 0 Å². The van der Waals surface area contributed by atoms with Gasteiger partial charge in [-0.1, -0.05) is 36.8 Å². The molecule has 0 aliphatic carbocycles. The van der Waals surface area contributed by atoms with E-state index in [9.17, 15) is 29.4 Å². The number of nitrogens with one attached hydrogen (secondary N) is 2. The maximum atomic E-state index is 13.4. The van der Waals surface area contributed by atoms with Crippen molar-refractivity contribution in [3.05, 3.63) is 35.9 Å². The SMILES string of the molecule is O=C(CCCCC(S)CCS)NCCCC[C@H](N[C@@H](CCc1ccccc1)C(=O)O)C(=O)N1CCC[C@H]1C(=O)O. The van der Waals surface area contributed by atoms with Crippen molar-refractivity contribution < 1.29 is 29.4 Å². The molecule has 224 valence electrons. The normalized spacial score (nSPS) is 17.2. The highest BCUT2D eigenvalue weighted by Gasteiger charge is 2.38. The number of amides is 2. The lowest BCUT2D eigenvalue weighted by Crippen LogP contribution is -2.54. The van der Waals surface area contributed by atoms with Crippen LogP contribution in [-0.2, 0) is 25.6 Å². The number of carboxylic acids is 2. The van der Waals surface area contributed by atoms with E-state index >= 15 is 0 Å². The highest BCUT2D eigenvalue weighted by molar-refractivity contribution is 7.81. The number of carboxylic acid groups (broad SMARTS) is 2. The van der Waals surface area contributed by atoms with E-state index in [1.807, 2.05) is 30.3 Å². The van der Waals surface area contributed by atoms with Crippen LogP contribution in [0, 0.1) is 0 Å².